The van der Waals surface area contributed by atoms with Crippen molar-refractivity contribution in [3.63, 3.8) is 0 Å². The lowest BCUT2D eigenvalue weighted by Gasteiger charge is -2.07. The second-order valence-corrected chi connectivity index (χ2v) is 2.35. The summed E-state index contributed by atoms with van der Waals surface area (Å²) in [7, 11) is 0. The van der Waals surface area contributed by atoms with Crippen LogP contribution in [0.3, 0.4) is 0 Å². The summed E-state index contributed by atoms with van der Waals surface area (Å²) in [6.45, 7) is 0.423. The maximum Gasteiger partial charge on any atom is 0.321 e. The first kappa shape index (κ1) is 9.87. The van der Waals surface area contributed by atoms with Crippen LogP contribution in [0.5, 0.6) is 0 Å². The zero-order valence-electron chi connectivity index (χ0n) is 5.28. The van der Waals surface area contributed by atoms with Crippen LogP contribution in [0.4, 0.5) is 0 Å². The standard InChI is InChI=1S/C5H9NO2S2/c7-5(8)4(3-10)6-1-2-9/h2,4,6,10H,1,3H2,(H,7,8)/t4-/m0/s1. The molecule has 0 aliphatic carbocycles. The molecule has 0 aliphatic heterocycles. The molecule has 0 aromatic heterocycles. The summed E-state index contributed by atoms with van der Waals surface area (Å²) in [5.41, 5.74) is 0. The van der Waals surface area contributed by atoms with Crippen molar-refractivity contribution in [2.45, 2.75) is 6.04 Å². The lowest BCUT2D eigenvalue weighted by molar-refractivity contribution is -0.138. The fourth-order valence-electron chi connectivity index (χ4n) is 0.420. The number of carbonyl (C=O) groups is 1. The maximum atomic E-state index is 10.3. The first-order valence-electron chi connectivity index (χ1n) is 2.73. The minimum absolute atomic E-state index is 0.276. The van der Waals surface area contributed by atoms with Gasteiger partial charge in [0.1, 0.15) is 6.04 Å². The molecule has 1 atom stereocenters. The van der Waals surface area contributed by atoms with Crippen LogP contribution < -0.4 is 5.32 Å². The maximum absolute atomic E-state index is 10.3. The number of carboxylic acids is 1. The van der Waals surface area contributed by atoms with E-state index in [4.69, 9.17) is 5.11 Å². The van der Waals surface area contributed by atoms with Gasteiger partial charge < -0.3 is 5.11 Å². The molecule has 58 valence electrons. The summed E-state index contributed by atoms with van der Waals surface area (Å²) in [6, 6.07) is -0.595. The van der Waals surface area contributed by atoms with E-state index in [-0.39, 0.29) is 5.75 Å². The molecule has 0 unspecified atom stereocenters. The third kappa shape index (κ3) is 3.81. The lowest BCUT2D eigenvalue weighted by atomic mass is 10.3. The molecule has 0 rings (SSSR count). The van der Waals surface area contributed by atoms with E-state index in [1.165, 1.54) is 5.37 Å². The Kier molecular flexibility index (Phi) is 5.57. The van der Waals surface area contributed by atoms with Gasteiger partial charge in [-0.25, -0.2) is 0 Å². The largest absolute Gasteiger partial charge is 0.480 e. The van der Waals surface area contributed by atoms with Gasteiger partial charge in [-0.05, 0) is 5.37 Å². The normalized spacial score (nSPS) is 12.5. The Hall–Kier alpha value is -0.130. The van der Waals surface area contributed by atoms with Crippen molar-refractivity contribution in [1.29, 1.82) is 0 Å². The van der Waals surface area contributed by atoms with Gasteiger partial charge in [-0.15, -0.1) is 0 Å². The number of aliphatic carboxylic acids is 1. The molecule has 10 heavy (non-hydrogen) atoms. The molecular formula is C5H9NO2S2. The van der Waals surface area contributed by atoms with Gasteiger partial charge in [-0.1, -0.05) is 12.2 Å². The molecule has 0 aromatic rings. The van der Waals surface area contributed by atoms with Crippen molar-refractivity contribution in [3.05, 3.63) is 0 Å². The van der Waals surface area contributed by atoms with Crippen molar-refractivity contribution in [3.8, 4) is 0 Å². The Labute approximate surface area is 70.2 Å². The van der Waals surface area contributed by atoms with Gasteiger partial charge >= 0.3 is 5.97 Å². The fourth-order valence-corrected chi connectivity index (χ4v) is 0.802. The molecule has 0 saturated carbocycles. The Balaban J connectivity index is 3.60. The third-order valence-electron chi connectivity index (χ3n) is 0.928. The van der Waals surface area contributed by atoms with Gasteiger partial charge in [0.2, 0.25) is 0 Å². The number of rotatable bonds is 5. The minimum atomic E-state index is -0.896. The van der Waals surface area contributed by atoms with Gasteiger partial charge in [-0.3, -0.25) is 10.1 Å². The highest BCUT2D eigenvalue weighted by molar-refractivity contribution is 7.80. The second-order valence-electron chi connectivity index (χ2n) is 1.65. The Morgan fingerprint density at radius 3 is 2.80 bits per heavy atom. The average Bonchev–Trinajstić information content (AvgIpc) is 1.89. The zero-order chi connectivity index (χ0) is 7.98. The predicted octanol–water partition coefficient (Wildman–Crippen LogP) is -0.0413. The van der Waals surface area contributed by atoms with Gasteiger partial charge in [0.05, 0.1) is 0 Å². The molecule has 2 N–H and O–H groups in total. The molecule has 0 amide bonds. The van der Waals surface area contributed by atoms with E-state index in [2.05, 4.69) is 30.2 Å². The smallest absolute Gasteiger partial charge is 0.321 e. The van der Waals surface area contributed by atoms with Gasteiger partial charge in [0.15, 0.2) is 0 Å². The summed E-state index contributed by atoms with van der Waals surface area (Å²) in [5, 5.41) is 12.6. The number of nitrogens with one attached hydrogen (secondary N) is 1. The molecule has 3 nitrogen and oxygen atoms in total. The molecule has 0 fully saturated rings. The van der Waals surface area contributed by atoms with Crippen LogP contribution in [0, 0.1) is 0 Å². The van der Waals surface area contributed by atoms with Crippen LogP contribution in [-0.4, -0.2) is 34.8 Å². The topological polar surface area (TPSA) is 49.3 Å². The number of carboxylic acid groups (broad SMARTS) is 1. The van der Waals surface area contributed by atoms with Gasteiger partial charge in [0.25, 0.3) is 0 Å². The fraction of sp³-hybridized carbons (Fsp3) is 0.600. The molecule has 0 heterocycles. The van der Waals surface area contributed by atoms with E-state index in [1.807, 2.05) is 0 Å². The molecule has 0 saturated heterocycles. The van der Waals surface area contributed by atoms with E-state index in [1.54, 1.807) is 0 Å². The highest BCUT2D eigenvalue weighted by Gasteiger charge is 2.12. The van der Waals surface area contributed by atoms with Crippen LogP contribution >= 0.6 is 24.8 Å². The highest BCUT2D eigenvalue weighted by atomic mass is 32.1. The van der Waals surface area contributed by atoms with E-state index < -0.39 is 12.0 Å². The molecule has 0 spiro atoms. The van der Waals surface area contributed by atoms with Crippen LogP contribution in [0.15, 0.2) is 0 Å². The first-order valence-corrected chi connectivity index (χ1v) is 3.83. The molecule has 0 bridgehead atoms. The van der Waals surface area contributed by atoms with Crippen LogP contribution in [0.2, 0.25) is 0 Å². The SMILES string of the molecule is O=C(O)[C@H](CS)NCC=S. The Bertz CT molecular complexity index is 129. The number of hydrogen-bond donors (Lipinski definition) is 3. The van der Waals surface area contributed by atoms with Crippen molar-refractivity contribution < 1.29 is 9.90 Å². The summed E-state index contributed by atoms with van der Waals surface area (Å²) in [5.74, 6) is -0.620. The number of thiol groups is 1. The summed E-state index contributed by atoms with van der Waals surface area (Å²) in [6.07, 6.45) is 0. The molecule has 0 aromatic carbocycles. The Morgan fingerprint density at radius 2 is 2.50 bits per heavy atom. The first-order chi connectivity index (χ1) is 4.72. The number of hydrogen-bond acceptors (Lipinski definition) is 4. The third-order valence-corrected chi connectivity index (χ3v) is 1.46. The molecule has 5 heteroatoms. The molecule has 0 radical (unpaired) electrons. The van der Waals surface area contributed by atoms with Gasteiger partial charge in [0, 0.05) is 12.3 Å². The summed E-state index contributed by atoms with van der Waals surface area (Å²) < 4.78 is 0. The molecule has 0 aliphatic rings. The van der Waals surface area contributed by atoms with Crippen molar-refractivity contribution >= 4 is 36.2 Å². The van der Waals surface area contributed by atoms with Crippen molar-refractivity contribution in [2.75, 3.05) is 12.3 Å². The van der Waals surface area contributed by atoms with Crippen molar-refractivity contribution in [2.24, 2.45) is 0 Å². The monoisotopic (exact) mass is 179 g/mol. The highest BCUT2D eigenvalue weighted by Crippen LogP contribution is 1.86. The van der Waals surface area contributed by atoms with E-state index >= 15 is 0 Å². The average molecular weight is 179 g/mol. The predicted molar refractivity (Wildman–Crippen MR) is 46.9 cm³/mol. The van der Waals surface area contributed by atoms with E-state index in [9.17, 15) is 4.79 Å². The second kappa shape index (κ2) is 5.64. The van der Waals surface area contributed by atoms with Crippen LogP contribution in [0.25, 0.3) is 0 Å². The van der Waals surface area contributed by atoms with Crippen LogP contribution in [-0.2, 0) is 4.79 Å². The summed E-state index contributed by atoms with van der Waals surface area (Å²) in [4.78, 5) is 10.3. The molecular weight excluding hydrogens is 170 g/mol. The van der Waals surface area contributed by atoms with E-state index in [0.717, 1.165) is 0 Å². The van der Waals surface area contributed by atoms with Crippen molar-refractivity contribution in [1.82, 2.24) is 5.32 Å². The minimum Gasteiger partial charge on any atom is -0.480 e. The zero-order valence-corrected chi connectivity index (χ0v) is 6.99. The van der Waals surface area contributed by atoms with Crippen LogP contribution in [0.1, 0.15) is 0 Å². The van der Waals surface area contributed by atoms with E-state index in [0.29, 0.717) is 6.54 Å². The number of thiocarbonyl (C=S) groups is 1. The van der Waals surface area contributed by atoms with Gasteiger partial charge in [-0.2, -0.15) is 12.6 Å². The Morgan fingerprint density at radius 1 is 1.90 bits per heavy atom. The lowest BCUT2D eigenvalue weighted by Crippen LogP contribution is -2.38. The quantitative estimate of drug-likeness (QED) is 0.409. The summed E-state index contributed by atoms with van der Waals surface area (Å²) >= 11 is 8.34.